The highest BCUT2D eigenvalue weighted by molar-refractivity contribution is 5.78. The van der Waals surface area contributed by atoms with E-state index in [1.807, 2.05) is 6.07 Å². The monoisotopic (exact) mass is 325 g/mol. The molecule has 4 nitrogen and oxygen atoms in total. The molecule has 3 rings (SSSR count). The number of amides is 1. The topological polar surface area (TPSA) is 37.3 Å². The molecule has 1 N–H and O–H groups in total. The first-order chi connectivity index (χ1) is 11.7. The zero-order valence-corrected chi connectivity index (χ0v) is 14.4. The number of hydrogen-bond donors (Lipinski definition) is 1. The van der Waals surface area contributed by atoms with Crippen molar-refractivity contribution in [3.8, 4) is 0 Å². The summed E-state index contributed by atoms with van der Waals surface area (Å²) in [6.07, 6.45) is 6.37. The molecule has 128 valence electrons. The smallest absolute Gasteiger partial charge is 0.234 e. The Labute approximate surface area is 144 Å². The van der Waals surface area contributed by atoms with E-state index in [-0.39, 0.29) is 5.91 Å². The van der Waals surface area contributed by atoms with Crippen LogP contribution >= 0.6 is 0 Å². The number of nitrogens with one attached hydrogen (secondary N) is 1. The van der Waals surface area contributed by atoms with E-state index < -0.39 is 0 Å². The predicted molar refractivity (Wildman–Crippen MR) is 96.7 cm³/mol. The van der Waals surface area contributed by atoms with Crippen molar-refractivity contribution in [2.45, 2.75) is 31.7 Å². The number of nitrogens with zero attached hydrogens (tertiary/aromatic N) is 2. The highest BCUT2D eigenvalue weighted by Gasteiger charge is 2.28. The number of carbonyl (C=O) groups excluding carboxylic acids is 1. The first-order valence-corrected chi connectivity index (χ1v) is 8.90. The summed E-state index contributed by atoms with van der Waals surface area (Å²) in [7, 11) is 2.08. The fraction of sp³-hybridized carbons (Fsp3) is 0.450. The number of aromatic nitrogens is 1. The van der Waals surface area contributed by atoms with Crippen molar-refractivity contribution >= 4 is 5.91 Å². The number of rotatable bonds is 7. The van der Waals surface area contributed by atoms with Gasteiger partial charge in [0.05, 0.1) is 12.6 Å². The van der Waals surface area contributed by atoms with E-state index in [1.165, 1.54) is 11.3 Å². The molecule has 0 bridgehead atoms. The first-order valence-electron chi connectivity index (χ1n) is 8.90. The molecule has 0 aliphatic carbocycles. The molecule has 1 saturated heterocycles. The molecule has 1 fully saturated rings. The van der Waals surface area contributed by atoms with Crippen molar-refractivity contribution < 1.29 is 4.79 Å². The standard InChI is InChI=1S/C20H27N3O/c1-22-14-6-11-18(22)19-12-7-15-23(19)16-20(24)21-13-5-10-17-8-3-2-4-9-17/h2-4,6,8-9,11,14,19H,5,7,10,12-13,15-16H2,1H3,(H,21,24)/t19-/m0/s1. The van der Waals surface area contributed by atoms with Crippen LogP contribution in [0.1, 0.15) is 36.6 Å². The summed E-state index contributed by atoms with van der Waals surface area (Å²) in [6.45, 7) is 2.25. The van der Waals surface area contributed by atoms with E-state index in [2.05, 4.69) is 64.4 Å². The van der Waals surface area contributed by atoms with Crippen molar-refractivity contribution in [3.63, 3.8) is 0 Å². The van der Waals surface area contributed by atoms with Crippen LogP contribution in [0.4, 0.5) is 0 Å². The zero-order chi connectivity index (χ0) is 16.8. The maximum absolute atomic E-state index is 12.3. The normalized spacial score (nSPS) is 18.0. The fourth-order valence-electron chi connectivity index (χ4n) is 3.58. The van der Waals surface area contributed by atoms with Gasteiger partial charge in [0.15, 0.2) is 0 Å². The van der Waals surface area contributed by atoms with Crippen LogP contribution < -0.4 is 5.32 Å². The van der Waals surface area contributed by atoms with Gasteiger partial charge in [-0.3, -0.25) is 9.69 Å². The van der Waals surface area contributed by atoms with Crippen LogP contribution in [0, 0.1) is 0 Å². The third kappa shape index (κ3) is 4.26. The summed E-state index contributed by atoms with van der Waals surface area (Å²) in [5.74, 6) is 0.143. The molecule has 2 heterocycles. The highest BCUT2D eigenvalue weighted by Crippen LogP contribution is 2.31. The minimum absolute atomic E-state index is 0.143. The van der Waals surface area contributed by atoms with Gasteiger partial charge in [0, 0.05) is 25.5 Å². The quantitative estimate of drug-likeness (QED) is 0.795. The molecule has 1 aliphatic rings. The van der Waals surface area contributed by atoms with Crippen LogP contribution in [-0.2, 0) is 18.3 Å². The third-order valence-corrected chi connectivity index (χ3v) is 4.84. The Kier molecular flexibility index (Phi) is 5.70. The summed E-state index contributed by atoms with van der Waals surface area (Å²) in [4.78, 5) is 14.6. The second-order valence-corrected chi connectivity index (χ2v) is 6.61. The van der Waals surface area contributed by atoms with Gasteiger partial charge in [-0.2, -0.15) is 0 Å². The Morgan fingerprint density at radius 2 is 2.04 bits per heavy atom. The van der Waals surface area contributed by atoms with Gasteiger partial charge in [-0.15, -0.1) is 0 Å². The summed E-state index contributed by atoms with van der Waals surface area (Å²) in [6, 6.07) is 15.0. The van der Waals surface area contributed by atoms with E-state index in [9.17, 15) is 4.79 Å². The molecule has 0 unspecified atom stereocenters. The van der Waals surface area contributed by atoms with Crippen molar-refractivity contribution in [2.24, 2.45) is 7.05 Å². The molecule has 1 amide bonds. The molecule has 4 heteroatoms. The fourth-order valence-corrected chi connectivity index (χ4v) is 3.58. The summed E-state index contributed by atoms with van der Waals surface area (Å²) in [5.41, 5.74) is 2.64. The lowest BCUT2D eigenvalue weighted by Gasteiger charge is -2.24. The summed E-state index contributed by atoms with van der Waals surface area (Å²) in [5, 5.41) is 3.07. The average Bonchev–Trinajstić information content (AvgIpc) is 3.21. The van der Waals surface area contributed by atoms with Crippen LogP contribution in [0.5, 0.6) is 0 Å². The predicted octanol–water partition coefficient (Wildman–Crippen LogP) is 2.91. The Morgan fingerprint density at radius 1 is 1.21 bits per heavy atom. The van der Waals surface area contributed by atoms with E-state index in [0.29, 0.717) is 12.6 Å². The molecule has 1 aromatic carbocycles. The molecular formula is C20H27N3O. The van der Waals surface area contributed by atoms with Crippen LogP contribution in [0.25, 0.3) is 0 Å². The van der Waals surface area contributed by atoms with E-state index in [0.717, 1.165) is 38.8 Å². The second-order valence-electron chi connectivity index (χ2n) is 6.61. The molecule has 0 saturated carbocycles. The van der Waals surface area contributed by atoms with Crippen LogP contribution in [0.15, 0.2) is 48.7 Å². The number of carbonyl (C=O) groups is 1. The minimum atomic E-state index is 0.143. The summed E-state index contributed by atoms with van der Waals surface area (Å²) < 4.78 is 2.17. The van der Waals surface area contributed by atoms with Gasteiger partial charge in [-0.05, 0) is 49.9 Å². The van der Waals surface area contributed by atoms with E-state index in [1.54, 1.807) is 0 Å². The summed E-state index contributed by atoms with van der Waals surface area (Å²) >= 11 is 0. The van der Waals surface area contributed by atoms with Gasteiger partial charge in [0.2, 0.25) is 5.91 Å². The Balaban J connectivity index is 1.42. The maximum atomic E-state index is 12.3. The van der Waals surface area contributed by atoms with Gasteiger partial charge < -0.3 is 9.88 Å². The van der Waals surface area contributed by atoms with Crippen LogP contribution in [0.3, 0.4) is 0 Å². The molecule has 0 spiro atoms. The minimum Gasteiger partial charge on any atom is -0.355 e. The molecule has 24 heavy (non-hydrogen) atoms. The number of benzene rings is 1. The zero-order valence-electron chi connectivity index (χ0n) is 14.4. The maximum Gasteiger partial charge on any atom is 0.234 e. The molecule has 1 atom stereocenters. The van der Waals surface area contributed by atoms with Crippen molar-refractivity contribution in [3.05, 3.63) is 59.9 Å². The van der Waals surface area contributed by atoms with E-state index >= 15 is 0 Å². The van der Waals surface area contributed by atoms with Gasteiger partial charge in [0.1, 0.15) is 0 Å². The first kappa shape index (κ1) is 16.8. The Bertz CT molecular complexity index is 650. The van der Waals surface area contributed by atoms with Gasteiger partial charge >= 0.3 is 0 Å². The lowest BCUT2D eigenvalue weighted by atomic mass is 10.1. The highest BCUT2D eigenvalue weighted by atomic mass is 16.2. The Morgan fingerprint density at radius 3 is 2.79 bits per heavy atom. The molecule has 1 aliphatic heterocycles. The van der Waals surface area contributed by atoms with Gasteiger partial charge in [-0.1, -0.05) is 30.3 Å². The molecule has 0 radical (unpaired) electrons. The van der Waals surface area contributed by atoms with Crippen molar-refractivity contribution in [2.75, 3.05) is 19.6 Å². The number of hydrogen-bond acceptors (Lipinski definition) is 2. The lowest BCUT2D eigenvalue weighted by Crippen LogP contribution is -2.37. The van der Waals surface area contributed by atoms with Crippen molar-refractivity contribution in [1.29, 1.82) is 0 Å². The second kappa shape index (κ2) is 8.15. The largest absolute Gasteiger partial charge is 0.355 e. The van der Waals surface area contributed by atoms with Crippen LogP contribution in [0.2, 0.25) is 0 Å². The molecular weight excluding hydrogens is 298 g/mol. The SMILES string of the molecule is Cn1cccc1[C@@H]1CCCN1CC(=O)NCCCc1ccccc1. The van der Waals surface area contributed by atoms with Crippen LogP contribution in [-0.4, -0.2) is 35.0 Å². The van der Waals surface area contributed by atoms with Gasteiger partial charge in [-0.25, -0.2) is 0 Å². The molecule has 2 aromatic rings. The number of aryl methyl sites for hydroxylation is 2. The average molecular weight is 325 g/mol. The third-order valence-electron chi connectivity index (χ3n) is 4.84. The van der Waals surface area contributed by atoms with Crippen molar-refractivity contribution in [1.82, 2.24) is 14.8 Å². The molecule has 1 aromatic heterocycles. The Hall–Kier alpha value is -2.07. The number of likely N-dealkylation sites (tertiary alicyclic amines) is 1. The van der Waals surface area contributed by atoms with E-state index in [4.69, 9.17) is 0 Å². The van der Waals surface area contributed by atoms with Gasteiger partial charge in [0.25, 0.3) is 0 Å². The lowest BCUT2D eigenvalue weighted by molar-refractivity contribution is -0.122.